The van der Waals surface area contributed by atoms with Crippen molar-refractivity contribution in [1.82, 2.24) is 102 Å². The molecule has 8 bridgehead atoms. The van der Waals surface area contributed by atoms with Gasteiger partial charge in [-0.05, 0) is 77.2 Å². The summed E-state index contributed by atoms with van der Waals surface area (Å²) in [4.78, 5) is 150. The molecule has 0 radical (unpaired) electrons. The molecule has 28 atom stereocenters. The number of nitrogens with zero attached hydrogens (tertiary/aromatic N) is 18. The molecule has 55 nitrogen and oxygen atoms in total. The zero-order valence-corrected chi connectivity index (χ0v) is 77.7. The number of imidazole rings is 6. The van der Waals surface area contributed by atoms with Crippen molar-refractivity contribution in [2.45, 2.75) is 148 Å². The van der Waals surface area contributed by atoms with Crippen molar-refractivity contribution in [3.63, 3.8) is 0 Å². The van der Waals surface area contributed by atoms with Crippen molar-refractivity contribution in [3.05, 3.63) is 106 Å². The van der Waals surface area contributed by atoms with E-state index in [9.17, 15) is 43.4 Å². The number of ether oxygens (including phenoxy) is 7. The molecule has 134 heavy (non-hydrogen) atoms. The van der Waals surface area contributed by atoms with E-state index in [0.29, 0.717) is 39.3 Å². The second kappa shape index (κ2) is 35.6. The van der Waals surface area contributed by atoms with Gasteiger partial charge in [-0.3, -0.25) is 79.4 Å². The standard InChI is InChI=1S/C22H24FN9O10P2S2.2C21H24FN9O9P2S2/c23-10-9-3-37-43(34,45)42-15-14-20(31-6-27-11-8(24)1-2-26-16(11)31)40-22(15,4-36-14)5-38-44(35,46)41-13(10)19(39-9)32-7-28-12-17(32)29-21(25)30-18(12)33;2*22-12-15-11(38-20(12)30-6-26-13-9(23)1-2-25-16(13)30)5-36-41(33,43)39-10-3-8(4-35-42(34,44)40-15)37-19(10)31-7-27-14-17(31)28-21(24)29-18(14)32/h1-2,6-7,9-10,13-15,19-20H,3-5H2,(H2,24,26)(H,34,45)(H,35,46)(H3,25,29,30,33);2*1-2,6-8,10-12,15,19-20H,3-5H2,(H2,23,25)(H,33,43)(H,34,44)(H3,24,28,29,32)/t9-,10-,13-,14-,15+,19-,20-,22-,43?,44?;2*8-,10?,11+,12?,15-,19+,20+,41?,42?/m100/s1. The van der Waals surface area contributed by atoms with Crippen molar-refractivity contribution in [3.8, 4) is 0 Å². The fraction of sp³-hybridized carbons (Fsp3) is 0.484. The van der Waals surface area contributed by atoms with Crippen molar-refractivity contribution >= 4 is 214 Å². The topological polar surface area (TPSA) is 733 Å². The molecule has 0 saturated carbocycles. The van der Waals surface area contributed by atoms with Gasteiger partial charge in [0.25, 0.3) is 16.7 Å². The number of nitrogens with one attached hydrogen (secondary N) is 3. The Hall–Kier alpha value is -7.63. The fourth-order valence-corrected chi connectivity index (χ4v) is 25.4. The smallest absolute Gasteiger partial charge is 0.386 e. The van der Waals surface area contributed by atoms with Crippen molar-refractivity contribution in [1.29, 1.82) is 0 Å². The largest absolute Gasteiger partial charge is 0.397 e. The van der Waals surface area contributed by atoms with E-state index < -0.39 is 218 Å². The van der Waals surface area contributed by atoms with Crippen LogP contribution in [-0.2, 0) is 151 Å². The highest BCUT2D eigenvalue weighted by atomic mass is 32.7. The molecule has 10 saturated heterocycles. The summed E-state index contributed by atoms with van der Waals surface area (Å²) in [5, 5.41) is 0. The van der Waals surface area contributed by atoms with Gasteiger partial charge in [0, 0.05) is 31.4 Å². The number of hydrogen-bond donors (Lipinski definition) is 15. The van der Waals surface area contributed by atoms with Crippen molar-refractivity contribution in [2.75, 3.05) is 80.7 Å². The third-order valence-corrected chi connectivity index (χ3v) is 32.0. The van der Waals surface area contributed by atoms with Crippen LogP contribution < -0.4 is 51.1 Å². The van der Waals surface area contributed by atoms with Crippen LogP contribution in [0.5, 0.6) is 0 Å². The molecule has 22 heterocycles. The lowest BCUT2D eigenvalue weighted by molar-refractivity contribution is -0.183. The zero-order chi connectivity index (χ0) is 94.1. The van der Waals surface area contributed by atoms with Gasteiger partial charge in [-0.15, -0.1) is 0 Å². The predicted octanol–water partition coefficient (Wildman–Crippen LogP) is 1.71. The van der Waals surface area contributed by atoms with E-state index in [1.165, 1.54) is 79.4 Å². The summed E-state index contributed by atoms with van der Waals surface area (Å²) in [5.41, 5.74) is 34.8. The lowest BCUT2D eigenvalue weighted by Gasteiger charge is -2.33. The van der Waals surface area contributed by atoms with E-state index in [1.54, 1.807) is 22.8 Å². The molecule has 70 heteroatoms. The number of nitrogen functional groups attached to an aromatic ring is 6. The molecule has 10 unspecified atom stereocenters. The van der Waals surface area contributed by atoms with Crippen LogP contribution in [0.25, 0.3) is 67.0 Å². The van der Waals surface area contributed by atoms with E-state index in [0.717, 1.165) is 0 Å². The maximum Gasteiger partial charge on any atom is 0.386 e. The maximum atomic E-state index is 16.0. The van der Waals surface area contributed by atoms with Gasteiger partial charge >= 0.3 is 40.4 Å². The molecule has 0 aliphatic carbocycles. The van der Waals surface area contributed by atoms with Crippen LogP contribution >= 0.6 is 52.6 Å². The number of aromatic nitrogens is 21. The summed E-state index contributed by atoms with van der Waals surface area (Å²) in [6, 6.07) is 4.69. The molecule has 22 rings (SSSR count). The minimum Gasteiger partial charge on any atom is -0.397 e. The van der Waals surface area contributed by atoms with E-state index in [1.807, 2.05) is 0 Å². The lowest BCUT2D eigenvalue weighted by Crippen LogP contribution is -2.45. The Morgan fingerprint density at radius 1 is 0.388 bits per heavy atom. The first-order valence-corrected chi connectivity index (χ1v) is 55.1. The average molecular weight is 2100 g/mol. The van der Waals surface area contributed by atoms with Crippen LogP contribution in [0.15, 0.2) is 89.1 Å². The van der Waals surface area contributed by atoms with Crippen LogP contribution in [-0.4, -0.2) is 270 Å². The number of halogens is 3. The molecule has 12 aromatic heterocycles. The van der Waals surface area contributed by atoms with Gasteiger partial charge in [0.15, 0.2) is 106 Å². The molecule has 0 amide bonds. The Bertz CT molecular complexity index is 6890. The number of nitrogens with two attached hydrogens (primary N) is 6. The Kier molecular flexibility index (Phi) is 25.0. The Balaban J connectivity index is 0.000000125. The van der Waals surface area contributed by atoms with Crippen LogP contribution in [0, 0.1) is 0 Å². The van der Waals surface area contributed by atoms with Crippen LogP contribution in [0.1, 0.15) is 50.2 Å². The first-order chi connectivity index (χ1) is 63.6. The summed E-state index contributed by atoms with van der Waals surface area (Å²) >= 11 is 30.5. The molecular weight excluding hydrogens is 2030 g/mol. The lowest BCUT2D eigenvalue weighted by atomic mass is 10.0. The molecule has 0 aromatic carbocycles. The Morgan fingerprint density at radius 3 is 1.20 bits per heavy atom. The molecule has 10 aliphatic heterocycles. The molecule has 10 fully saturated rings. The number of hydrogen-bond acceptors (Lipinski definition) is 46. The molecule has 718 valence electrons. The Morgan fingerprint density at radius 2 is 0.746 bits per heavy atom. The number of thiol groups is 1. The van der Waals surface area contributed by atoms with Crippen LogP contribution in [0.2, 0.25) is 0 Å². The monoisotopic (exact) mass is 2100 g/mol. The van der Waals surface area contributed by atoms with Crippen molar-refractivity contribution < 1.29 is 130 Å². The highest BCUT2D eigenvalue weighted by molar-refractivity contribution is 8.44. The number of rotatable bonds is 6. The number of fused-ring (bicyclic) bond motifs is 14. The average Bonchev–Trinajstić information content (AvgIpc) is 1.55. The summed E-state index contributed by atoms with van der Waals surface area (Å²) in [5.74, 6) is -0.552. The SMILES string of the molecule is Nc1nc2c(ncn2[C@@H]2O[C@@H]3COP(=O)(S)O[C@@H]4C(F)[C@H](n5cnc6c(N)ccnc65)O[C@@H]4COP(O)(=S)OC2C3)c(=O)[nH]1.Nc1nc2c(ncn2[C@@H]2O[C@@H]3COP(O)(=S)O[C@@H]4C(F)[C@H](n5cnc6c(N)ccnc65)O[C@@H]4COP(O)(=S)OC2C3)c(=O)[nH]1.Nc1nc2c(ncn2[C@@H]2O[C@@H]3COP(O)(=S)O[C@H]4[C@H]5OC[C@]4(COP(O)(=S)O[C@@H]2[C@@H]3F)O[C@H]5n2cnc3c(N)ccnc32)c(=O)[nH]1. The minimum atomic E-state index is -4.29. The third-order valence-electron chi connectivity index (χ3n) is 22.6. The maximum absolute atomic E-state index is 16.0. The highest BCUT2D eigenvalue weighted by Crippen LogP contribution is 2.62. The van der Waals surface area contributed by atoms with E-state index in [4.69, 9.17) is 181 Å². The fourth-order valence-electron chi connectivity index (χ4n) is 16.7. The summed E-state index contributed by atoms with van der Waals surface area (Å²) < 4.78 is 180. The molecular formula is C64H72F3N27O28P6S6. The van der Waals surface area contributed by atoms with Gasteiger partial charge in [-0.1, -0.05) is 12.2 Å². The molecule has 20 N–H and O–H groups in total. The first kappa shape index (κ1) is 94.0. The number of anilines is 6. The second-order valence-electron chi connectivity index (χ2n) is 31.2. The van der Waals surface area contributed by atoms with Gasteiger partial charge in [0.05, 0.1) is 113 Å². The number of H-pyrrole nitrogens is 3. The van der Waals surface area contributed by atoms with Gasteiger partial charge in [0.2, 0.25) is 17.8 Å². The van der Waals surface area contributed by atoms with Crippen LogP contribution in [0.4, 0.5) is 48.1 Å². The minimum absolute atomic E-state index is 0.0158. The van der Waals surface area contributed by atoms with Gasteiger partial charge in [-0.2, -0.15) is 15.0 Å². The van der Waals surface area contributed by atoms with Crippen LogP contribution in [0.3, 0.4) is 0 Å². The predicted molar refractivity (Wildman–Crippen MR) is 474 cm³/mol. The van der Waals surface area contributed by atoms with Gasteiger partial charge in [0.1, 0.15) is 83.2 Å². The third kappa shape index (κ3) is 18.0. The second-order valence-corrected chi connectivity index (χ2v) is 48.1. The number of alkyl halides is 3. The zero-order valence-electron chi connectivity index (χ0n) is 67.4. The summed E-state index contributed by atoms with van der Waals surface area (Å²) in [7, 11) is 0. The number of pyridine rings is 3. The summed E-state index contributed by atoms with van der Waals surface area (Å²) in [6.45, 7) is -27.9. The highest BCUT2D eigenvalue weighted by Gasteiger charge is 2.66. The first-order valence-electron chi connectivity index (χ1n) is 39.4. The summed E-state index contributed by atoms with van der Waals surface area (Å²) in [6.07, 6.45) is -14.9. The van der Waals surface area contributed by atoms with Gasteiger partial charge in [-0.25, -0.2) is 62.6 Å². The molecule has 10 aliphatic rings. The van der Waals surface area contributed by atoms with E-state index in [2.05, 4.69) is 87.0 Å². The molecule has 0 spiro atoms. The quantitative estimate of drug-likeness (QED) is 0.0832. The van der Waals surface area contributed by atoms with Gasteiger partial charge < -0.3 is 124 Å². The number of aromatic amines is 3. The van der Waals surface area contributed by atoms with E-state index >= 15 is 13.2 Å². The molecule has 12 aromatic rings. The van der Waals surface area contributed by atoms with Crippen molar-refractivity contribution in [2.24, 2.45) is 0 Å². The normalized spacial score (nSPS) is 37.6. The van der Waals surface area contributed by atoms with E-state index in [-0.39, 0.29) is 95.3 Å². The Labute approximate surface area is 774 Å².